The number of rotatable bonds is 4. The van der Waals surface area contributed by atoms with Gasteiger partial charge in [0.05, 0.1) is 23.4 Å². The van der Waals surface area contributed by atoms with Gasteiger partial charge in [0.25, 0.3) is 0 Å². The van der Waals surface area contributed by atoms with Crippen molar-refractivity contribution in [2.75, 3.05) is 0 Å². The van der Waals surface area contributed by atoms with Gasteiger partial charge in [-0.15, -0.1) is 0 Å². The lowest BCUT2D eigenvalue weighted by Gasteiger charge is -2.09. The molecule has 0 saturated carbocycles. The van der Waals surface area contributed by atoms with E-state index >= 15 is 0 Å². The predicted molar refractivity (Wildman–Crippen MR) is 90.7 cm³/mol. The van der Waals surface area contributed by atoms with Gasteiger partial charge in [-0.2, -0.15) is 0 Å². The third-order valence-electron chi connectivity index (χ3n) is 2.77. The molecule has 1 heterocycles. The number of nitrogens with two attached hydrogens (primary N) is 1. The Morgan fingerprint density at radius 1 is 1.50 bits per heavy atom. The summed E-state index contributed by atoms with van der Waals surface area (Å²) in [6.45, 7) is 1.83. The van der Waals surface area contributed by atoms with E-state index in [0.717, 1.165) is 5.56 Å². The average molecular weight is 336 g/mol. The van der Waals surface area contributed by atoms with Crippen LogP contribution in [0.25, 0.3) is 0 Å². The monoisotopic (exact) mass is 335 g/mol. The Morgan fingerprint density at radius 3 is 3.09 bits per heavy atom. The molecule has 6 nitrogen and oxygen atoms in total. The molecular weight excluding hydrogens is 322 g/mol. The van der Waals surface area contributed by atoms with Crippen LogP contribution in [-0.2, 0) is 0 Å². The number of hydrogen-bond acceptors (Lipinski definition) is 4. The van der Waals surface area contributed by atoms with Crippen molar-refractivity contribution in [2.45, 2.75) is 13.3 Å². The van der Waals surface area contributed by atoms with Gasteiger partial charge in [0.2, 0.25) is 5.88 Å². The first kappa shape index (κ1) is 16.1. The number of H-pyrrole nitrogens is 1. The van der Waals surface area contributed by atoms with Crippen LogP contribution in [0.5, 0.6) is 5.88 Å². The molecule has 0 bridgehead atoms. The van der Waals surface area contributed by atoms with Gasteiger partial charge in [-0.25, -0.2) is 15.0 Å². The highest BCUT2D eigenvalue weighted by Crippen LogP contribution is 2.25. The van der Waals surface area contributed by atoms with E-state index in [9.17, 15) is 0 Å². The van der Waals surface area contributed by atoms with Crippen LogP contribution in [-0.4, -0.2) is 22.6 Å². The molecule has 1 aliphatic carbocycles. The second kappa shape index (κ2) is 7.67. The molecule has 0 radical (unpaired) electrons. The summed E-state index contributed by atoms with van der Waals surface area (Å²) in [6, 6.07) is 0. The normalized spacial score (nSPS) is 15.5. The molecule has 2 rings (SSSR count). The fourth-order valence-electron chi connectivity index (χ4n) is 1.61. The maximum absolute atomic E-state index is 6.26. The van der Waals surface area contributed by atoms with E-state index in [0.29, 0.717) is 33.4 Å². The highest BCUT2D eigenvalue weighted by atomic mass is 35.5. The summed E-state index contributed by atoms with van der Waals surface area (Å²) < 4.78 is 6.27. The Bertz CT molecular complexity index is 761. The minimum Gasteiger partial charge on any atom is -0.439 e. The fraction of sp³-hybridized carbons (Fsp3) is 0.143. The summed E-state index contributed by atoms with van der Waals surface area (Å²) in [5.41, 5.74) is 6.60. The molecule has 1 aromatic rings. The van der Waals surface area contributed by atoms with Gasteiger partial charge in [-0.1, -0.05) is 29.9 Å². The van der Waals surface area contributed by atoms with Crippen molar-refractivity contribution < 1.29 is 4.74 Å². The minimum atomic E-state index is 0.478. The van der Waals surface area contributed by atoms with Crippen molar-refractivity contribution in [1.29, 1.82) is 0 Å². The molecule has 3 N–H and O–H groups in total. The molecule has 0 unspecified atom stereocenters. The van der Waals surface area contributed by atoms with Crippen molar-refractivity contribution in [3.8, 4) is 5.88 Å². The maximum Gasteiger partial charge on any atom is 0.204 e. The third kappa shape index (κ3) is 4.12. The Balaban J connectivity index is 2.20. The van der Waals surface area contributed by atoms with Gasteiger partial charge in [0.1, 0.15) is 16.7 Å². The molecule has 0 spiro atoms. The second-order valence-corrected chi connectivity index (χ2v) is 5.09. The Hall–Kier alpha value is -2.25. The molecule has 1 aliphatic rings. The lowest BCUT2D eigenvalue weighted by Crippen LogP contribution is -2.00. The van der Waals surface area contributed by atoms with E-state index in [1.54, 1.807) is 12.2 Å². The highest BCUT2D eigenvalue weighted by Gasteiger charge is 2.10. The van der Waals surface area contributed by atoms with Gasteiger partial charge in [-0.05, 0) is 19.1 Å². The van der Waals surface area contributed by atoms with Crippen molar-refractivity contribution in [1.82, 2.24) is 9.97 Å². The van der Waals surface area contributed by atoms with Gasteiger partial charge in [-0.3, -0.25) is 0 Å². The van der Waals surface area contributed by atoms with Gasteiger partial charge in [0, 0.05) is 12.0 Å². The predicted octanol–water partition coefficient (Wildman–Crippen LogP) is 3.14. The van der Waals surface area contributed by atoms with Crippen LogP contribution in [0.4, 0.5) is 0 Å². The van der Waals surface area contributed by atoms with Crippen LogP contribution >= 0.6 is 23.8 Å². The topological polar surface area (TPSA) is 88.6 Å². The van der Waals surface area contributed by atoms with E-state index in [1.165, 1.54) is 19.0 Å². The molecule has 114 valence electrons. The third-order valence-corrected chi connectivity index (χ3v) is 3.53. The van der Waals surface area contributed by atoms with Gasteiger partial charge < -0.3 is 15.5 Å². The maximum atomic E-state index is 6.26. The average Bonchev–Trinajstić information content (AvgIpc) is 2.68. The summed E-state index contributed by atoms with van der Waals surface area (Å²) in [5, 5.41) is 0.555. The molecule has 0 aromatic carbocycles. The fourth-order valence-corrected chi connectivity index (χ4v) is 1.93. The van der Waals surface area contributed by atoms with Crippen LogP contribution in [0.1, 0.15) is 12.0 Å². The number of allylic oxidation sites excluding steroid dienone is 4. The SMILES string of the molecule is Cc1c(OC2=C(Cl)CC=C(N=CN=CN)C=C2)[nH]cnc1=S. The highest BCUT2D eigenvalue weighted by molar-refractivity contribution is 7.71. The van der Waals surface area contributed by atoms with Crippen molar-refractivity contribution in [3.63, 3.8) is 0 Å². The minimum absolute atomic E-state index is 0.478. The van der Waals surface area contributed by atoms with E-state index in [4.69, 9.17) is 34.3 Å². The smallest absolute Gasteiger partial charge is 0.204 e. The van der Waals surface area contributed by atoms with Gasteiger partial charge >= 0.3 is 0 Å². The molecular formula is C14H14ClN5OS. The number of hydrogen-bond donors (Lipinski definition) is 2. The summed E-state index contributed by atoms with van der Waals surface area (Å²) in [4.78, 5) is 14.7. The number of nitrogens with zero attached hydrogens (tertiary/aromatic N) is 3. The van der Waals surface area contributed by atoms with Crippen molar-refractivity contribution in [3.05, 3.63) is 51.2 Å². The van der Waals surface area contributed by atoms with Crippen LogP contribution in [0.2, 0.25) is 0 Å². The summed E-state index contributed by atoms with van der Waals surface area (Å²) in [7, 11) is 0. The number of aromatic nitrogens is 2. The molecule has 1 aromatic heterocycles. The molecule has 0 fully saturated rings. The molecule has 0 aliphatic heterocycles. The van der Waals surface area contributed by atoms with Crippen LogP contribution in [0, 0.1) is 11.6 Å². The molecule has 0 saturated heterocycles. The lowest BCUT2D eigenvalue weighted by molar-refractivity contribution is 0.418. The van der Waals surface area contributed by atoms with Crippen LogP contribution in [0.15, 0.2) is 51.0 Å². The molecule has 0 atom stereocenters. The largest absolute Gasteiger partial charge is 0.439 e. The zero-order valence-electron chi connectivity index (χ0n) is 11.8. The first-order valence-corrected chi connectivity index (χ1v) is 7.15. The molecule has 0 amide bonds. The quantitative estimate of drug-likeness (QED) is 0.502. The summed E-state index contributed by atoms with van der Waals surface area (Å²) in [5.74, 6) is 1.03. The second-order valence-electron chi connectivity index (χ2n) is 4.24. The molecule has 22 heavy (non-hydrogen) atoms. The number of ether oxygens (including phenoxy) is 1. The Morgan fingerprint density at radius 2 is 2.32 bits per heavy atom. The Labute approximate surface area is 137 Å². The number of nitrogens with one attached hydrogen (secondary N) is 1. The first-order valence-electron chi connectivity index (χ1n) is 6.36. The number of aromatic amines is 1. The van der Waals surface area contributed by atoms with Crippen LogP contribution < -0.4 is 10.5 Å². The summed E-state index contributed by atoms with van der Waals surface area (Å²) in [6.07, 6.45) is 9.88. The number of halogens is 1. The zero-order chi connectivity index (χ0) is 15.9. The van der Waals surface area contributed by atoms with E-state index in [-0.39, 0.29) is 0 Å². The lowest BCUT2D eigenvalue weighted by atomic mass is 10.3. The zero-order valence-corrected chi connectivity index (χ0v) is 13.4. The number of aliphatic imine (C=N–C) groups is 2. The summed E-state index contributed by atoms with van der Waals surface area (Å²) >= 11 is 11.4. The van der Waals surface area contributed by atoms with E-state index in [1.807, 2.05) is 13.0 Å². The van der Waals surface area contributed by atoms with E-state index in [2.05, 4.69) is 20.0 Å². The molecule has 8 heteroatoms. The van der Waals surface area contributed by atoms with Crippen molar-refractivity contribution >= 4 is 36.5 Å². The Kier molecular flexibility index (Phi) is 5.62. The van der Waals surface area contributed by atoms with Gasteiger partial charge in [0.15, 0.2) is 0 Å². The van der Waals surface area contributed by atoms with Crippen molar-refractivity contribution in [2.24, 2.45) is 15.7 Å². The van der Waals surface area contributed by atoms with Crippen LogP contribution in [0.3, 0.4) is 0 Å². The first-order chi connectivity index (χ1) is 10.6. The standard InChI is InChI=1S/C14H14ClN5OS/c1-9-13(19-8-20-14(9)22)21-12-5-3-10(2-4-11(12)15)18-7-17-6-16/h2-3,5-8H,4H2,1H3,(H2,16,17,18)(H,19,20,22). The van der Waals surface area contributed by atoms with E-state index < -0.39 is 0 Å².